The van der Waals surface area contributed by atoms with E-state index in [9.17, 15) is 5.11 Å². The Morgan fingerprint density at radius 1 is 0.762 bits per heavy atom. The predicted octanol–water partition coefficient (Wildman–Crippen LogP) is 11.7. The van der Waals surface area contributed by atoms with E-state index in [4.69, 9.17) is 8.85 Å². The number of hydrogen-bond acceptors (Lipinski definition) is 3. The Morgan fingerprint density at radius 2 is 1.29 bits per heavy atom. The number of hydrogen-bond donors (Lipinski definition) is 1. The topological polar surface area (TPSA) is 38.7 Å². The lowest BCUT2D eigenvalue weighted by molar-refractivity contribution is 0.125. The third-order valence-corrected chi connectivity index (χ3v) is 21.3. The summed E-state index contributed by atoms with van der Waals surface area (Å²) in [5.74, 6) is 0.710. The van der Waals surface area contributed by atoms with Crippen LogP contribution in [0.3, 0.4) is 0 Å². The summed E-state index contributed by atoms with van der Waals surface area (Å²) in [5, 5.41) is 10.5. The van der Waals surface area contributed by atoms with Crippen molar-refractivity contribution in [2.24, 2.45) is 11.8 Å². The maximum Gasteiger partial charge on any atom is 0.200 e. The standard InChI is InChI=1S/C36H74O3Si3/c1-18-20-33(37)21-19-22-34(38-42(28(2)3,29(4)5)30(6)7)27-31(8)23-24-32(9)35(25-26-40(13,14)15)39-41(16,17)36(10,11)12/h18,23-26,28-35,37H,1,19-22,27H2,2-17H3/b24-23+,26-25+/t31-,32-,33?,34+,35-/m1/s1. The van der Waals surface area contributed by atoms with Crippen molar-refractivity contribution >= 4 is 24.7 Å². The minimum Gasteiger partial charge on any atom is -0.413 e. The van der Waals surface area contributed by atoms with Crippen molar-refractivity contribution in [3.8, 4) is 0 Å². The molecule has 0 aromatic rings. The van der Waals surface area contributed by atoms with Gasteiger partial charge >= 0.3 is 0 Å². The fourth-order valence-corrected chi connectivity index (χ4v) is 13.7. The lowest BCUT2D eigenvalue weighted by Gasteiger charge is -2.45. The molecule has 0 bridgehead atoms. The van der Waals surface area contributed by atoms with Crippen molar-refractivity contribution in [2.75, 3.05) is 0 Å². The van der Waals surface area contributed by atoms with Gasteiger partial charge in [-0.1, -0.05) is 126 Å². The quantitative estimate of drug-likeness (QED) is 0.106. The molecule has 3 nitrogen and oxygen atoms in total. The van der Waals surface area contributed by atoms with Crippen molar-refractivity contribution in [1.82, 2.24) is 0 Å². The van der Waals surface area contributed by atoms with Crippen molar-refractivity contribution in [3.63, 3.8) is 0 Å². The number of allylic oxidation sites excluding steroid dienone is 1. The SMILES string of the molecule is C=CCC(O)CCC[C@@H](C[C@H](C)/C=C/[C@@H](C)[C@@H](/C=C/[Si](C)(C)C)O[Si](C)(C)C(C)(C)C)O[Si](C(C)C)(C(C)C)C(C)C. The van der Waals surface area contributed by atoms with E-state index >= 15 is 0 Å². The van der Waals surface area contributed by atoms with Gasteiger partial charge in [0.25, 0.3) is 0 Å². The van der Waals surface area contributed by atoms with Gasteiger partial charge in [-0.15, -0.1) is 6.58 Å². The maximum absolute atomic E-state index is 10.3. The molecule has 0 aromatic heterocycles. The average molecular weight is 639 g/mol. The molecule has 0 saturated heterocycles. The Morgan fingerprint density at radius 3 is 1.71 bits per heavy atom. The van der Waals surface area contributed by atoms with Crippen LogP contribution in [0.4, 0.5) is 0 Å². The molecule has 5 atom stereocenters. The molecule has 0 spiro atoms. The molecule has 1 unspecified atom stereocenters. The van der Waals surface area contributed by atoms with Crippen molar-refractivity contribution < 1.29 is 14.0 Å². The average Bonchev–Trinajstić information content (AvgIpc) is 2.81. The highest BCUT2D eigenvalue weighted by Crippen LogP contribution is 2.44. The van der Waals surface area contributed by atoms with E-state index in [-0.39, 0.29) is 23.4 Å². The number of aliphatic hydroxyl groups is 1. The first-order chi connectivity index (χ1) is 19.0. The summed E-state index contributed by atoms with van der Waals surface area (Å²) >= 11 is 0. The zero-order chi connectivity index (χ0) is 33.1. The van der Waals surface area contributed by atoms with Crippen LogP contribution in [-0.2, 0) is 8.85 Å². The predicted molar refractivity (Wildman–Crippen MR) is 197 cm³/mol. The lowest BCUT2D eigenvalue weighted by atomic mass is 9.96. The monoisotopic (exact) mass is 638 g/mol. The normalized spacial score (nSPS) is 17.9. The Bertz CT molecular complexity index is 796. The van der Waals surface area contributed by atoms with E-state index in [0.717, 1.165) is 25.7 Å². The second-order valence-electron chi connectivity index (χ2n) is 16.7. The van der Waals surface area contributed by atoms with Crippen molar-refractivity contribution in [2.45, 2.75) is 181 Å². The fourth-order valence-electron chi connectivity index (χ4n) is 6.00. The molecule has 0 aliphatic carbocycles. The minimum absolute atomic E-state index is 0.0994. The largest absolute Gasteiger partial charge is 0.413 e. The minimum atomic E-state index is -2.01. The van der Waals surface area contributed by atoms with Gasteiger partial charge in [-0.05, 0) is 72.8 Å². The lowest BCUT2D eigenvalue weighted by Crippen LogP contribution is -2.50. The Hall–Kier alpha value is -0.249. The van der Waals surface area contributed by atoms with E-state index in [2.05, 4.69) is 139 Å². The van der Waals surface area contributed by atoms with E-state index in [0.29, 0.717) is 34.9 Å². The van der Waals surface area contributed by atoms with Crippen LogP contribution in [0.2, 0.25) is 54.4 Å². The molecule has 1 N–H and O–H groups in total. The van der Waals surface area contributed by atoms with E-state index < -0.39 is 24.7 Å². The summed E-state index contributed by atoms with van der Waals surface area (Å²) in [5.41, 5.74) is 4.13. The Balaban J connectivity index is 6.01. The molecule has 248 valence electrons. The summed E-state index contributed by atoms with van der Waals surface area (Å²) in [6, 6.07) is 0. The van der Waals surface area contributed by atoms with Crippen LogP contribution >= 0.6 is 0 Å². The molecule has 42 heavy (non-hydrogen) atoms. The van der Waals surface area contributed by atoms with Crippen molar-refractivity contribution in [1.29, 1.82) is 0 Å². The molecule has 6 heteroatoms. The number of aliphatic hydroxyl groups excluding tert-OH is 1. The molecule has 0 fully saturated rings. The molecule has 0 heterocycles. The van der Waals surface area contributed by atoms with Crippen molar-refractivity contribution in [3.05, 3.63) is 36.6 Å². The third-order valence-electron chi connectivity index (χ3n) is 9.50. The van der Waals surface area contributed by atoms with Gasteiger partial charge in [0.2, 0.25) is 8.32 Å². The second kappa shape index (κ2) is 18.0. The van der Waals surface area contributed by atoms with Crippen LogP contribution in [0.5, 0.6) is 0 Å². The molecular formula is C36H74O3Si3. The summed E-state index contributed by atoms with van der Waals surface area (Å²) in [6.45, 7) is 41.6. The highest BCUT2D eigenvalue weighted by atomic mass is 28.4. The molecule has 0 amide bonds. The van der Waals surface area contributed by atoms with Gasteiger partial charge in [0.15, 0.2) is 8.32 Å². The van der Waals surface area contributed by atoms with E-state index in [1.54, 1.807) is 0 Å². The zero-order valence-electron chi connectivity index (χ0n) is 31.0. The summed E-state index contributed by atoms with van der Waals surface area (Å²) < 4.78 is 14.3. The molecular weight excluding hydrogens is 565 g/mol. The van der Waals surface area contributed by atoms with Gasteiger partial charge in [-0.25, -0.2) is 0 Å². The first-order valence-electron chi connectivity index (χ1n) is 17.0. The molecule has 0 rings (SSSR count). The van der Waals surface area contributed by atoms with Crippen LogP contribution in [0.15, 0.2) is 36.6 Å². The molecule has 0 aromatic carbocycles. The fraction of sp³-hybridized carbons (Fsp3) is 0.833. The van der Waals surface area contributed by atoms with Crippen LogP contribution in [0.1, 0.15) is 108 Å². The van der Waals surface area contributed by atoms with Crippen LogP contribution in [0, 0.1) is 11.8 Å². The summed E-state index contributed by atoms with van der Waals surface area (Å²) in [7, 11) is -5.26. The van der Waals surface area contributed by atoms with Gasteiger partial charge in [0.1, 0.15) is 0 Å². The highest BCUT2D eigenvalue weighted by molar-refractivity contribution is 6.81. The second-order valence-corrected chi connectivity index (χ2v) is 31.9. The van der Waals surface area contributed by atoms with Gasteiger partial charge < -0.3 is 14.0 Å². The van der Waals surface area contributed by atoms with E-state index in [1.807, 2.05) is 6.08 Å². The van der Waals surface area contributed by atoms with Gasteiger partial charge in [-0.3, -0.25) is 0 Å². The first-order valence-corrected chi connectivity index (χ1v) is 25.6. The summed E-state index contributed by atoms with van der Waals surface area (Å²) in [6.07, 6.45) is 13.5. The smallest absolute Gasteiger partial charge is 0.200 e. The van der Waals surface area contributed by atoms with E-state index in [1.165, 1.54) is 0 Å². The third kappa shape index (κ3) is 14.2. The van der Waals surface area contributed by atoms with Crippen LogP contribution in [-0.4, -0.2) is 48.1 Å². The van der Waals surface area contributed by atoms with Gasteiger partial charge in [0, 0.05) is 12.0 Å². The Kier molecular flexibility index (Phi) is 17.9. The zero-order valence-corrected chi connectivity index (χ0v) is 34.0. The summed E-state index contributed by atoms with van der Waals surface area (Å²) in [4.78, 5) is 0. The molecule has 0 radical (unpaired) electrons. The van der Waals surface area contributed by atoms with Crippen LogP contribution in [0.25, 0.3) is 0 Å². The molecule has 0 aliphatic heterocycles. The Labute approximate surface area is 267 Å². The van der Waals surface area contributed by atoms with Gasteiger partial charge in [-0.2, -0.15) is 0 Å². The number of rotatable bonds is 20. The van der Waals surface area contributed by atoms with Gasteiger partial charge in [0.05, 0.1) is 20.3 Å². The maximum atomic E-state index is 10.3. The van der Waals surface area contributed by atoms with Crippen LogP contribution < -0.4 is 0 Å². The molecule has 0 saturated carbocycles. The highest BCUT2D eigenvalue weighted by Gasteiger charge is 2.46. The first kappa shape index (κ1) is 41.8. The molecule has 0 aliphatic rings.